The minimum Gasteiger partial charge on any atom is -0.315 e. The Kier molecular flexibility index (Phi) is 6.47. The van der Waals surface area contributed by atoms with E-state index >= 15 is 0 Å². The van der Waals surface area contributed by atoms with Crippen LogP contribution in [-0.4, -0.2) is 37.3 Å². The van der Waals surface area contributed by atoms with Gasteiger partial charge in [-0.2, -0.15) is 9.78 Å². The molecule has 2 aromatic rings. The first-order valence-electron chi connectivity index (χ1n) is 7.15. The molecule has 1 aromatic carbocycles. The molecule has 3 rings (SSSR count). The summed E-state index contributed by atoms with van der Waals surface area (Å²) in [4.78, 5) is 12.2. The predicted octanol–water partition coefficient (Wildman–Crippen LogP) is 1.60. The van der Waals surface area contributed by atoms with Crippen LogP contribution in [0.3, 0.4) is 0 Å². The Morgan fingerprint density at radius 2 is 1.92 bits per heavy atom. The zero-order chi connectivity index (χ0) is 17.3. The number of hydrogen-bond acceptors (Lipinski definition) is 5. The van der Waals surface area contributed by atoms with Crippen LogP contribution < -0.4 is 15.6 Å². The van der Waals surface area contributed by atoms with E-state index in [1.54, 1.807) is 0 Å². The molecule has 1 saturated heterocycles. The van der Waals surface area contributed by atoms with Crippen LogP contribution in [0, 0.1) is 0 Å². The highest BCUT2D eigenvalue weighted by molar-refractivity contribution is 7.89. The molecular weight excluding hydrogens is 411 g/mol. The van der Waals surface area contributed by atoms with E-state index in [9.17, 15) is 13.2 Å². The molecule has 136 valence electrons. The van der Waals surface area contributed by atoms with Gasteiger partial charge in [0.15, 0.2) is 0 Å². The molecule has 11 heteroatoms. The number of nitrogens with one attached hydrogen (secondary N) is 2. The van der Waals surface area contributed by atoms with Crippen molar-refractivity contribution in [3.8, 4) is 5.69 Å². The maximum absolute atomic E-state index is 12.3. The first-order valence-corrected chi connectivity index (χ1v) is 9.39. The van der Waals surface area contributed by atoms with Gasteiger partial charge in [0.25, 0.3) is 5.56 Å². The summed E-state index contributed by atoms with van der Waals surface area (Å²) in [6, 6.07) is 5.68. The molecule has 2 heterocycles. The molecule has 1 aliphatic heterocycles. The van der Waals surface area contributed by atoms with E-state index in [-0.39, 0.29) is 33.4 Å². The van der Waals surface area contributed by atoms with Gasteiger partial charge < -0.3 is 5.32 Å². The van der Waals surface area contributed by atoms with Gasteiger partial charge in [0.2, 0.25) is 10.0 Å². The monoisotopic (exact) mass is 424 g/mol. The van der Waals surface area contributed by atoms with E-state index in [1.165, 1.54) is 30.5 Å². The van der Waals surface area contributed by atoms with Crippen molar-refractivity contribution in [1.82, 2.24) is 19.8 Å². The first-order chi connectivity index (χ1) is 11.4. The topological polar surface area (TPSA) is 93.1 Å². The minimum atomic E-state index is -3.61. The fraction of sp³-hybridized carbons (Fsp3) is 0.286. The maximum Gasteiger partial charge on any atom is 0.291 e. The van der Waals surface area contributed by atoms with Crippen molar-refractivity contribution in [3.05, 3.63) is 50.9 Å². The van der Waals surface area contributed by atoms with Gasteiger partial charge >= 0.3 is 0 Å². The second kappa shape index (κ2) is 8.03. The summed E-state index contributed by atoms with van der Waals surface area (Å²) in [7, 11) is -3.61. The molecule has 0 amide bonds. The number of aromatic nitrogens is 2. The van der Waals surface area contributed by atoms with Gasteiger partial charge in [-0.1, -0.05) is 23.2 Å². The second-order valence-electron chi connectivity index (χ2n) is 5.33. The summed E-state index contributed by atoms with van der Waals surface area (Å²) < 4.78 is 28.4. The molecule has 1 aromatic heterocycles. The molecule has 0 bridgehead atoms. The molecule has 1 atom stereocenters. The molecule has 0 radical (unpaired) electrons. The Morgan fingerprint density at radius 3 is 2.52 bits per heavy atom. The van der Waals surface area contributed by atoms with E-state index in [1.807, 2.05) is 0 Å². The van der Waals surface area contributed by atoms with Crippen molar-refractivity contribution >= 4 is 45.6 Å². The third kappa shape index (κ3) is 4.33. The Balaban J connectivity index is 0.00000225. The van der Waals surface area contributed by atoms with E-state index < -0.39 is 15.6 Å². The number of benzene rings is 1. The quantitative estimate of drug-likeness (QED) is 0.776. The van der Waals surface area contributed by atoms with Gasteiger partial charge in [-0.25, -0.2) is 13.1 Å². The first kappa shape index (κ1) is 20.2. The van der Waals surface area contributed by atoms with Gasteiger partial charge in [0, 0.05) is 12.6 Å². The standard InChI is InChI=1S/C14H14Cl2N4O3S.ClH/c15-12-8-18-20(14(21)13(12)16)10-1-3-11(4-2-10)24(22,23)19-9-5-6-17-7-9;/h1-4,8-9,17,19H,5-7H2;1H. The van der Waals surface area contributed by atoms with Gasteiger partial charge in [0.1, 0.15) is 5.02 Å². The molecule has 1 aliphatic rings. The van der Waals surface area contributed by atoms with Gasteiger partial charge in [-0.05, 0) is 37.2 Å². The largest absolute Gasteiger partial charge is 0.315 e. The van der Waals surface area contributed by atoms with E-state index in [0.29, 0.717) is 12.2 Å². The average molecular weight is 426 g/mol. The summed E-state index contributed by atoms with van der Waals surface area (Å²) in [6.07, 6.45) is 2.00. The molecule has 1 unspecified atom stereocenters. The van der Waals surface area contributed by atoms with Crippen LogP contribution in [0.15, 0.2) is 40.2 Å². The highest BCUT2D eigenvalue weighted by atomic mass is 35.5. The lowest BCUT2D eigenvalue weighted by molar-refractivity contribution is 0.560. The summed E-state index contributed by atoms with van der Waals surface area (Å²) in [5, 5.41) is 6.92. The van der Waals surface area contributed by atoms with Gasteiger partial charge in [-0.3, -0.25) is 4.79 Å². The number of rotatable bonds is 4. The van der Waals surface area contributed by atoms with Gasteiger partial charge in [-0.15, -0.1) is 12.4 Å². The normalized spacial score (nSPS) is 17.3. The second-order valence-corrected chi connectivity index (χ2v) is 7.83. The smallest absolute Gasteiger partial charge is 0.291 e. The summed E-state index contributed by atoms with van der Waals surface area (Å²) in [6.45, 7) is 1.40. The lowest BCUT2D eigenvalue weighted by Gasteiger charge is -2.12. The van der Waals surface area contributed by atoms with Crippen LogP contribution in [-0.2, 0) is 10.0 Å². The zero-order valence-corrected chi connectivity index (χ0v) is 15.9. The van der Waals surface area contributed by atoms with Crippen molar-refractivity contribution in [2.24, 2.45) is 0 Å². The van der Waals surface area contributed by atoms with E-state index in [2.05, 4.69) is 15.1 Å². The molecule has 7 nitrogen and oxygen atoms in total. The van der Waals surface area contributed by atoms with Crippen LogP contribution in [0.1, 0.15) is 6.42 Å². The van der Waals surface area contributed by atoms with Crippen molar-refractivity contribution in [2.75, 3.05) is 13.1 Å². The number of nitrogens with zero attached hydrogens (tertiary/aromatic N) is 2. The zero-order valence-electron chi connectivity index (χ0n) is 12.8. The van der Waals surface area contributed by atoms with E-state index in [4.69, 9.17) is 23.2 Å². The lowest BCUT2D eigenvalue weighted by Crippen LogP contribution is -2.36. The fourth-order valence-corrected chi connectivity index (χ4v) is 3.93. The van der Waals surface area contributed by atoms with Crippen LogP contribution in [0.2, 0.25) is 10.0 Å². The molecule has 2 N–H and O–H groups in total. The minimum absolute atomic E-state index is 0. The molecule has 1 fully saturated rings. The highest BCUT2D eigenvalue weighted by Crippen LogP contribution is 2.17. The molecular formula is C14H15Cl3N4O3S. The van der Waals surface area contributed by atoms with Gasteiger partial charge in [0.05, 0.1) is 21.8 Å². The Bertz CT molecular complexity index is 910. The third-order valence-electron chi connectivity index (χ3n) is 3.65. The molecule has 0 saturated carbocycles. The predicted molar refractivity (Wildman–Crippen MR) is 98.7 cm³/mol. The maximum atomic E-state index is 12.3. The SMILES string of the molecule is Cl.O=c1c(Cl)c(Cl)cnn1-c1ccc(S(=O)(=O)NC2CCNC2)cc1. The van der Waals surface area contributed by atoms with Crippen LogP contribution in [0.5, 0.6) is 0 Å². The van der Waals surface area contributed by atoms with Crippen molar-refractivity contribution < 1.29 is 8.42 Å². The Labute approximate surface area is 160 Å². The van der Waals surface area contributed by atoms with Crippen molar-refractivity contribution in [1.29, 1.82) is 0 Å². The van der Waals surface area contributed by atoms with Crippen molar-refractivity contribution in [2.45, 2.75) is 17.4 Å². The summed E-state index contributed by atoms with van der Waals surface area (Å²) in [5.41, 5.74) is -0.185. The molecule has 0 aliphatic carbocycles. The van der Waals surface area contributed by atoms with Crippen LogP contribution in [0.25, 0.3) is 5.69 Å². The third-order valence-corrected chi connectivity index (χ3v) is 5.94. The fourth-order valence-electron chi connectivity index (χ4n) is 2.41. The average Bonchev–Trinajstić information content (AvgIpc) is 3.05. The number of hydrogen-bond donors (Lipinski definition) is 2. The van der Waals surface area contributed by atoms with E-state index in [0.717, 1.165) is 17.6 Å². The highest BCUT2D eigenvalue weighted by Gasteiger charge is 2.22. The summed E-state index contributed by atoms with van der Waals surface area (Å²) in [5.74, 6) is 0. The lowest BCUT2D eigenvalue weighted by atomic mass is 10.3. The number of halogens is 3. The van der Waals surface area contributed by atoms with Crippen LogP contribution >= 0.6 is 35.6 Å². The molecule has 25 heavy (non-hydrogen) atoms. The van der Waals surface area contributed by atoms with Crippen LogP contribution in [0.4, 0.5) is 0 Å². The Hall–Kier alpha value is -1.16. The number of sulfonamides is 1. The van der Waals surface area contributed by atoms with Crippen molar-refractivity contribution in [3.63, 3.8) is 0 Å². The Morgan fingerprint density at radius 1 is 1.24 bits per heavy atom. The summed E-state index contributed by atoms with van der Waals surface area (Å²) >= 11 is 11.6. The molecule has 0 spiro atoms.